The second-order valence-corrected chi connectivity index (χ2v) is 6.89. The van der Waals surface area contributed by atoms with Gasteiger partial charge in [0.2, 0.25) is 0 Å². The van der Waals surface area contributed by atoms with Gasteiger partial charge in [0, 0.05) is 0 Å². The number of aromatic amines is 1. The number of nitrogens with zero attached hydrogens (tertiary/aromatic N) is 1. The second-order valence-electron chi connectivity index (χ2n) is 4.55. The molecule has 0 bridgehead atoms. The van der Waals surface area contributed by atoms with E-state index in [-0.39, 0.29) is 0 Å². The minimum absolute atomic E-state index is 0.440. The zero-order valence-corrected chi connectivity index (χ0v) is 12.4. The summed E-state index contributed by atoms with van der Waals surface area (Å²) < 4.78 is 1.75. The normalized spacial score (nSPS) is 12.0. The van der Waals surface area contributed by atoms with Crippen molar-refractivity contribution in [2.45, 2.75) is 26.3 Å². The molecule has 2 rings (SSSR count). The molecule has 0 aromatic carbocycles. The van der Waals surface area contributed by atoms with Gasteiger partial charge in [0.15, 0.2) is 0 Å². The average molecular weight is 331 g/mol. The molecule has 0 fully saturated rings. The van der Waals surface area contributed by atoms with Gasteiger partial charge < -0.3 is 4.79 Å². The molecule has 0 saturated carbocycles. The van der Waals surface area contributed by atoms with E-state index >= 15 is 0 Å². The van der Waals surface area contributed by atoms with Gasteiger partial charge in [0.1, 0.15) is 16.7 Å². The van der Waals surface area contributed by atoms with Crippen LogP contribution in [0.4, 0.5) is 0 Å². The molecule has 0 radical (unpaired) electrons. The molecular formula is C11H11BrN2O3S. The Labute approximate surface area is 115 Å². The van der Waals surface area contributed by atoms with Crippen LogP contribution in [-0.2, 0) is 10.3 Å². The first-order valence-corrected chi connectivity index (χ1v) is 6.81. The molecule has 0 aliphatic heterocycles. The maximum absolute atomic E-state index is 12.4. The van der Waals surface area contributed by atoms with Gasteiger partial charge in [-0.1, -0.05) is 0 Å². The smallest absolute Gasteiger partial charge is 0.301 e. The fraction of sp³-hybridized carbons (Fsp3) is 0.364. The lowest BCUT2D eigenvalue weighted by Gasteiger charge is -2.19. The van der Waals surface area contributed by atoms with E-state index in [2.05, 4.69) is 20.9 Å². The molecule has 96 valence electrons. The number of fused-ring (bicyclic) bond motifs is 1. The van der Waals surface area contributed by atoms with E-state index in [9.17, 15) is 14.4 Å². The van der Waals surface area contributed by atoms with Gasteiger partial charge in [0.05, 0.1) is 9.17 Å². The fourth-order valence-corrected chi connectivity index (χ4v) is 3.36. The van der Waals surface area contributed by atoms with Crippen molar-refractivity contribution < 1.29 is 4.79 Å². The molecule has 5 nitrogen and oxygen atoms in total. The summed E-state index contributed by atoms with van der Waals surface area (Å²) in [7, 11) is 0. The molecule has 7 heteroatoms. The van der Waals surface area contributed by atoms with Gasteiger partial charge in [-0.2, -0.15) is 0 Å². The van der Waals surface area contributed by atoms with Crippen LogP contribution in [-0.4, -0.2) is 15.8 Å². The van der Waals surface area contributed by atoms with Gasteiger partial charge in [0.25, 0.3) is 5.56 Å². The highest BCUT2D eigenvalue weighted by Crippen LogP contribution is 2.31. The Morgan fingerprint density at radius 1 is 1.39 bits per heavy atom. The molecule has 0 saturated heterocycles. The largest absolute Gasteiger partial charge is 0.330 e. The van der Waals surface area contributed by atoms with Gasteiger partial charge in [-0.05, 0) is 42.3 Å². The Balaban J connectivity index is 3.02. The van der Waals surface area contributed by atoms with Crippen LogP contribution in [0.15, 0.2) is 13.4 Å². The number of hydrogen-bond acceptors (Lipinski definition) is 4. The highest BCUT2D eigenvalue weighted by Gasteiger charge is 2.26. The molecule has 0 aliphatic carbocycles. The van der Waals surface area contributed by atoms with E-state index in [1.54, 1.807) is 6.92 Å². The summed E-state index contributed by atoms with van der Waals surface area (Å²) in [6.07, 6.45) is 0.590. The van der Waals surface area contributed by atoms with Crippen molar-refractivity contribution >= 4 is 43.8 Å². The van der Waals surface area contributed by atoms with Crippen molar-refractivity contribution in [3.05, 3.63) is 30.2 Å². The van der Waals surface area contributed by atoms with E-state index in [1.807, 2.05) is 0 Å². The van der Waals surface area contributed by atoms with Crippen molar-refractivity contribution in [1.82, 2.24) is 9.55 Å². The van der Waals surface area contributed by atoms with Gasteiger partial charge in [-0.3, -0.25) is 9.78 Å². The lowest BCUT2D eigenvalue weighted by Crippen LogP contribution is -2.47. The van der Waals surface area contributed by atoms with E-state index < -0.39 is 16.8 Å². The number of H-pyrrole nitrogens is 1. The third-order valence-electron chi connectivity index (χ3n) is 2.79. The minimum atomic E-state index is -1.17. The Morgan fingerprint density at radius 3 is 2.56 bits per heavy atom. The van der Waals surface area contributed by atoms with Crippen LogP contribution in [0.3, 0.4) is 0 Å². The van der Waals surface area contributed by atoms with Crippen molar-refractivity contribution in [2.75, 3.05) is 0 Å². The topological polar surface area (TPSA) is 71.9 Å². The summed E-state index contributed by atoms with van der Waals surface area (Å²) in [4.78, 5) is 38.5. The number of hydrogen-bond donors (Lipinski definition) is 1. The number of rotatable bonds is 2. The van der Waals surface area contributed by atoms with Crippen LogP contribution in [0.25, 0.3) is 10.2 Å². The Bertz CT molecular complexity index is 754. The molecule has 2 heterocycles. The fourth-order valence-electron chi connectivity index (χ4n) is 1.76. The van der Waals surface area contributed by atoms with Crippen LogP contribution >= 0.6 is 27.3 Å². The molecule has 0 unspecified atom stereocenters. The number of aromatic nitrogens is 2. The van der Waals surface area contributed by atoms with Crippen molar-refractivity contribution in [1.29, 1.82) is 0 Å². The lowest BCUT2D eigenvalue weighted by molar-refractivity contribution is -0.114. The molecular weight excluding hydrogens is 320 g/mol. The number of halogens is 1. The highest BCUT2D eigenvalue weighted by atomic mass is 79.9. The molecule has 0 aliphatic rings. The Kier molecular flexibility index (Phi) is 3.06. The third kappa shape index (κ3) is 1.78. The van der Waals surface area contributed by atoms with Crippen molar-refractivity contribution in [3.63, 3.8) is 0 Å². The molecule has 0 spiro atoms. The standard InChI is InChI=1S/C11H11BrN2O3S/c1-5-6-8(18-7(5)12)13-10(17)14(9(6)16)11(2,3)4-15/h4H,1-3H3,(H,13,17). The molecule has 2 aromatic heterocycles. The van der Waals surface area contributed by atoms with Crippen LogP contribution < -0.4 is 11.2 Å². The minimum Gasteiger partial charge on any atom is -0.301 e. The first kappa shape index (κ1) is 13.2. The number of aldehydes is 1. The molecule has 0 atom stereocenters. The second kappa shape index (κ2) is 4.17. The SMILES string of the molecule is Cc1c(Br)sc2[nH]c(=O)n(C(C)(C)C=O)c(=O)c12. The van der Waals surface area contributed by atoms with E-state index in [0.717, 1.165) is 13.9 Å². The lowest BCUT2D eigenvalue weighted by atomic mass is 10.1. The van der Waals surface area contributed by atoms with Crippen LogP contribution in [0, 0.1) is 6.92 Å². The maximum Gasteiger partial charge on any atom is 0.330 e. The molecule has 18 heavy (non-hydrogen) atoms. The summed E-state index contributed by atoms with van der Waals surface area (Å²) in [5, 5.41) is 0.446. The first-order chi connectivity index (χ1) is 8.29. The Morgan fingerprint density at radius 2 is 2.00 bits per heavy atom. The predicted molar refractivity (Wildman–Crippen MR) is 74.5 cm³/mol. The van der Waals surface area contributed by atoms with Crippen LogP contribution in [0.5, 0.6) is 0 Å². The predicted octanol–water partition coefficient (Wildman–Crippen LogP) is 1.76. The number of carbonyl (C=O) groups excluding carboxylic acids is 1. The number of carbonyl (C=O) groups is 1. The monoisotopic (exact) mass is 330 g/mol. The van der Waals surface area contributed by atoms with Crippen LogP contribution in [0.1, 0.15) is 19.4 Å². The maximum atomic E-state index is 12.4. The molecule has 2 aromatic rings. The van der Waals surface area contributed by atoms with Crippen molar-refractivity contribution in [2.24, 2.45) is 0 Å². The van der Waals surface area contributed by atoms with Gasteiger partial charge in [-0.25, -0.2) is 9.36 Å². The highest BCUT2D eigenvalue weighted by molar-refractivity contribution is 9.11. The number of thiophene rings is 1. The zero-order chi connectivity index (χ0) is 13.7. The summed E-state index contributed by atoms with van der Waals surface area (Å²) in [5.41, 5.74) is -1.41. The van der Waals surface area contributed by atoms with Gasteiger partial charge in [-0.15, -0.1) is 11.3 Å². The quantitative estimate of drug-likeness (QED) is 0.853. The summed E-state index contributed by atoms with van der Waals surface area (Å²) in [6.45, 7) is 4.85. The van der Waals surface area contributed by atoms with Crippen LogP contribution in [0.2, 0.25) is 0 Å². The summed E-state index contributed by atoms with van der Waals surface area (Å²) in [6, 6.07) is 0. The van der Waals surface area contributed by atoms with E-state index in [0.29, 0.717) is 16.5 Å². The Hall–Kier alpha value is -1.21. The first-order valence-electron chi connectivity index (χ1n) is 5.20. The number of nitrogens with one attached hydrogen (secondary N) is 1. The zero-order valence-electron chi connectivity index (χ0n) is 10.0. The van der Waals surface area contributed by atoms with Crippen molar-refractivity contribution in [3.8, 4) is 0 Å². The van der Waals surface area contributed by atoms with E-state index in [1.165, 1.54) is 25.2 Å². The number of aryl methyl sites for hydroxylation is 1. The molecule has 0 amide bonds. The molecule has 1 N–H and O–H groups in total. The average Bonchev–Trinajstić information content (AvgIpc) is 2.54. The van der Waals surface area contributed by atoms with Gasteiger partial charge >= 0.3 is 5.69 Å². The summed E-state index contributed by atoms with van der Waals surface area (Å²) in [5.74, 6) is 0. The van der Waals surface area contributed by atoms with E-state index in [4.69, 9.17) is 0 Å². The third-order valence-corrected chi connectivity index (χ3v) is 4.87. The summed E-state index contributed by atoms with van der Waals surface area (Å²) >= 11 is 4.63.